The van der Waals surface area contributed by atoms with Crippen LogP contribution in [0.4, 0.5) is 0 Å². The summed E-state index contributed by atoms with van der Waals surface area (Å²) >= 11 is 0. The standard InChI is InChI=1S/C69H100O12/c1-9-53-37-49(38-54(10-2)65(53)74)29-21-17-25-33-61(70)78-45-69(46-79-62(71)34-26-18-22-30-50-39-55(11-3)66(75)56(12-4)40-50,47-80-63(72)35-27-19-23-31-51-41-57(13-5)67(76)58(14-6)42-51)48-81-64(73)36-28-20-24-32-52-43-59(15-7)68(77)60(16-8)44-52/h37-44,74-77H,9-36,45-48H2,1-8H3. The Balaban J connectivity index is 1.43. The summed E-state index contributed by atoms with van der Waals surface area (Å²) in [6, 6.07) is 16.5. The van der Waals surface area contributed by atoms with Crippen LogP contribution in [0.1, 0.15) is 225 Å². The van der Waals surface area contributed by atoms with E-state index in [0.29, 0.717) is 48.7 Å². The van der Waals surface area contributed by atoms with Gasteiger partial charge in [-0.15, -0.1) is 0 Å². The Morgan fingerprint density at radius 3 is 0.630 bits per heavy atom. The molecule has 0 heterocycles. The molecule has 0 fully saturated rings. The molecule has 0 aliphatic heterocycles. The van der Waals surface area contributed by atoms with Gasteiger partial charge in [-0.2, -0.15) is 0 Å². The van der Waals surface area contributed by atoms with Crippen molar-refractivity contribution in [1.29, 1.82) is 0 Å². The molecule has 81 heavy (non-hydrogen) atoms. The quantitative estimate of drug-likeness (QED) is 0.0188. The van der Waals surface area contributed by atoms with Gasteiger partial charge in [0.1, 0.15) is 54.8 Å². The summed E-state index contributed by atoms with van der Waals surface area (Å²) in [5.74, 6) is -0.350. The normalized spacial score (nSPS) is 11.5. The predicted octanol–water partition coefficient (Wildman–Crippen LogP) is 14.7. The lowest BCUT2D eigenvalue weighted by Gasteiger charge is -2.31. The third-order valence-electron chi connectivity index (χ3n) is 15.9. The molecule has 12 heteroatoms. The molecule has 4 N–H and O–H groups in total. The molecule has 4 rings (SSSR count). The highest BCUT2D eigenvalue weighted by Crippen LogP contribution is 2.31. The molecule has 4 aromatic carbocycles. The number of hydrogen-bond acceptors (Lipinski definition) is 12. The molecule has 0 bridgehead atoms. The summed E-state index contributed by atoms with van der Waals surface area (Å²) in [7, 11) is 0. The number of ether oxygens (including phenoxy) is 4. The fourth-order valence-corrected chi connectivity index (χ4v) is 10.6. The van der Waals surface area contributed by atoms with Gasteiger partial charge in [-0.1, -0.05) is 130 Å². The number of carbonyl (C=O) groups excluding carboxylic acids is 4. The molecule has 0 aliphatic carbocycles. The minimum absolute atomic E-state index is 0.141. The Kier molecular flexibility index (Phi) is 30.3. The van der Waals surface area contributed by atoms with Gasteiger partial charge in [0.25, 0.3) is 0 Å². The Bertz CT molecular complexity index is 2140. The minimum Gasteiger partial charge on any atom is -0.507 e. The van der Waals surface area contributed by atoms with Crippen molar-refractivity contribution in [3.8, 4) is 23.0 Å². The molecule has 0 spiro atoms. The number of aryl methyl sites for hydroxylation is 12. The van der Waals surface area contributed by atoms with Crippen LogP contribution in [0.2, 0.25) is 0 Å². The number of phenols is 4. The summed E-state index contributed by atoms with van der Waals surface area (Å²) in [6.07, 6.45) is 18.5. The first-order valence-corrected chi connectivity index (χ1v) is 31.0. The molecular weight excluding hydrogens is 1020 g/mol. The summed E-state index contributed by atoms with van der Waals surface area (Å²) in [6.45, 7) is 15.0. The van der Waals surface area contributed by atoms with Gasteiger partial charge in [0.05, 0.1) is 0 Å². The fourth-order valence-electron chi connectivity index (χ4n) is 10.6. The largest absolute Gasteiger partial charge is 0.507 e. The van der Waals surface area contributed by atoms with Crippen LogP contribution in [0.3, 0.4) is 0 Å². The van der Waals surface area contributed by atoms with Crippen LogP contribution < -0.4 is 0 Å². The third kappa shape index (κ3) is 22.7. The first-order chi connectivity index (χ1) is 39.1. The van der Waals surface area contributed by atoms with Crippen LogP contribution in [0.25, 0.3) is 0 Å². The fraction of sp³-hybridized carbons (Fsp3) is 0.594. The lowest BCUT2D eigenvalue weighted by molar-refractivity contribution is -0.170. The second-order valence-electron chi connectivity index (χ2n) is 22.3. The minimum atomic E-state index is -1.38. The lowest BCUT2D eigenvalue weighted by Crippen LogP contribution is -2.44. The number of benzene rings is 4. The van der Waals surface area contributed by atoms with Crippen molar-refractivity contribution in [3.63, 3.8) is 0 Å². The van der Waals surface area contributed by atoms with Crippen LogP contribution in [0, 0.1) is 5.41 Å². The van der Waals surface area contributed by atoms with E-state index in [1.807, 2.05) is 55.4 Å². The van der Waals surface area contributed by atoms with Crippen molar-refractivity contribution >= 4 is 23.9 Å². The van der Waals surface area contributed by atoms with E-state index in [2.05, 4.69) is 48.5 Å². The Labute approximate surface area is 485 Å². The van der Waals surface area contributed by atoms with E-state index in [1.165, 1.54) is 0 Å². The van der Waals surface area contributed by atoms with Gasteiger partial charge in [0.2, 0.25) is 0 Å². The van der Waals surface area contributed by atoms with E-state index in [-0.39, 0.29) is 52.1 Å². The highest BCUT2D eigenvalue weighted by atomic mass is 16.6. The molecule has 0 amide bonds. The second kappa shape index (κ2) is 36.4. The molecular formula is C69H100O12. The van der Waals surface area contributed by atoms with Gasteiger partial charge in [0.15, 0.2) is 0 Å². The highest BCUT2D eigenvalue weighted by Gasteiger charge is 2.38. The smallest absolute Gasteiger partial charge is 0.305 e. The maximum Gasteiger partial charge on any atom is 0.305 e. The SMILES string of the molecule is CCc1cc(CCCCCC(=O)OCC(COC(=O)CCCCCc2cc(CC)c(O)c(CC)c2)(COC(=O)CCCCCc2cc(CC)c(O)c(CC)c2)COC(=O)CCCCCc2cc(CC)c(O)c(CC)c2)cc(CC)c1O. The average molecular weight is 1120 g/mol. The number of carbonyl (C=O) groups is 4. The Hall–Kier alpha value is -6.04. The van der Waals surface area contributed by atoms with Gasteiger partial charge >= 0.3 is 23.9 Å². The van der Waals surface area contributed by atoms with Crippen LogP contribution in [0.5, 0.6) is 23.0 Å². The van der Waals surface area contributed by atoms with Crippen LogP contribution >= 0.6 is 0 Å². The topological polar surface area (TPSA) is 186 Å². The van der Waals surface area contributed by atoms with E-state index in [1.54, 1.807) is 0 Å². The van der Waals surface area contributed by atoms with E-state index in [4.69, 9.17) is 18.9 Å². The zero-order valence-corrected chi connectivity index (χ0v) is 50.8. The van der Waals surface area contributed by atoms with E-state index in [9.17, 15) is 39.6 Å². The Morgan fingerprint density at radius 2 is 0.469 bits per heavy atom. The molecule has 0 radical (unpaired) electrons. The molecule has 0 saturated carbocycles. The van der Waals surface area contributed by atoms with E-state index in [0.717, 1.165) is 195 Å². The van der Waals surface area contributed by atoms with Crippen molar-refractivity contribution in [3.05, 3.63) is 115 Å². The van der Waals surface area contributed by atoms with Crippen LogP contribution in [-0.2, 0) is 115 Å². The monoisotopic (exact) mass is 1120 g/mol. The summed E-state index contributed by atoms with van der Waals surface area (Å²) in [4.78, 5) is 54.0. The molecule has 0 aliphatic rings. The first kappa shape index (κ1) is 67.5. The molecule has 12 nitrogen and oxygen atoms in total. The van der Waals surface area contributed by atoms with Crippen molar-refractivity contribution in [2.45, 2.75) is 235 Å². The third-order valence-corrected chi connectivity index (χ3v) is 15.9. The van der Waals surface area contributed by atoms with Gasteiger partial charge in [-0.25, -0.2) is 0 Å². The maximum atomic E-state index is 13.5. The number of esters is 4. The van der Waals surface area contributed by atoms with Gasteiger partial charge in [-0.05, 0) is 195 Å². The van der Waals surface area contributed by atoms with Crippen molar-refractivity contribution in [1.82, 2.24) is 0 Å². The predicted molar refractivity (Wildman–Crippen MR) is 322 cm³/mol. The molecule has 4 aromatic rings. The van der Waals surface area contributed by atoms with Crippen LogP contribution in [-0.4, -0.2) is 70.7 Å². The first-order valence-electron chi connectivity index (χ1n) is 31.0. The van der Waals surface area contributed by atoms with Gasteiger partial charge in [0, 0.05) is 25.7 Å². The number of unbranched alkanes of at least 4 members (excludes halogenated alkanes) is 8. The summed E-state index contributed by atoms with van der Waals surface area (Å²) in [5, 5.41) is 42.3. The zero-order chi connectivity index (χ0) is 59.2. The van der Waals surface area contributed by atoms with Gasteiger partial charge < -0.3 is 39.4 Å². The molecule has 0 atom stereocenters. The van der Waals surface area contributed by atoms with E-state index >= 15 is 0 Å². The number of rotatable bonds is 40. The Morgan fingerprint density at radius 1 is 0.296 bits per heavy atom. The summed E-state index contributed by atoms with van der Waals surface area (Å²) in [5.41, 5.74) is 10.8. The highest BCUT2D eigenvalue weighted by molar-refractivity contribution is 5.71. The van der Waals surface area contributed by atoms with Gasteiger partial charge in [-0.3, -0.25) is 19.2 Å². The lowest BCUT2D eigenvalue weighted by atomic mass is 9.92. The molecule has 0 saturated heterocycles. The van der Waals surface area contributed by atoms with Crippen molar-refractivity contribution in [2.24, 2.45) is 5.41 Å². The molecule has 0 unspecified atom stereocenters. The maximum absolute atomic E-state index is 13.5. The number of aromatic hydroxyl groups is 4. The van der Waals surface area contributed by atoms with Crippen LogP contribution in [0.15, 0.2) is 48.5 Å². The number of hydrogen-bond donors (Lipinski definition) is 4. The average Bonchev–Trinajstić information content (AvgIpc) is 3.48. The summed E-state index contributed by atoms with van der Waals surface area (Å²) < 4.78 is 23.8. The second-order valence-corrected chi connectivity index (χ2v) is 22.3. The van der Waals surface area contributed by atoms with E-state index < -0.39 is 29.3 Å². The van der Waals surface area contributed by atoms with Crippen molar-refractivity contribution in [2.75, 3.05) is 26.4 Å². The zero-order valence-electron chi connectivity index (χ0n) is 50.8. The van der Waals surface area contributed by atoms with Crippen molar-refractivity contribution < 1.29 is 58.6 Å². The molecule has 0 aromatic heterocycles. The number of phenolic OH excluding ortho intramolecular Hbond substituents is 4. The molecule has 448 valence electrons.